The van der Waals surface area contributed by atoms with Crippen molar-refractivity contribution in [3.8, 4) is 11.8 Å². The van der Waals surface area contributed by atoms with Crippen molar-refractivity contribution in [3.05, 3.63) is 36.7 Å². The first-order valence-corrected chi connectivity index (χ1v) is 4.19. The van der Waals surface area contributed by atoms with Crippen LogP contribution in [-0.2, 0) is 0 Å². The monoisotopic (exact) mass is 186 g/mol. The number of hydrogen-bond donors (Lipinski definition) is 0. The summed E-state index contributed by atoms with van der Waals surface area (Å²) in [4.78, 5) is 8.19. The Balaban J connectivity index is 2.24. The molecule has 0 spiro atoms. The molecule has 0 aliphatic rings. The minimum Gasteiger partial charge on any atom is -0.441 e. The minimum absolute atomic E-state index is 0.404. The van der Waals surface area contributed by atoms with Crippen LogP contribution in [0.4, 0.5) is 0 Å². The first-order chi connectivity index (χ1) is 6.93. The number of oxazole rings is 2. The predicted molar refractivity (Wildman–Crippen MR) is 49.5 cm³/mol. The van der Waals surface area contributed by atoms with E-state index in [2.05, 4.69) is 9.97 Å². The smallest absolute Gasteiger partial charge is 0.284 e. The predicted octanol–water partition coefficient (Wildman–Crippen LogP) is 2.48. The fourth-order valence-electron chi connectivity index (χ4n) is 1.29. The van der Waals surface area contributed by atoms with Crippen molar-refractivity contribution in [2.75, 3.05) is 0 Å². The molecular weight excluding hydrogens is 180 g/mol. The summed E-state index contributed by atoms with van der Waals surface area (Å²) in [5, 5.41) is 0. The average molecular weight is 186 g/mol. The van der Waals surface area contributed by atoms with Crippen LogP contribution in [0.15, 0.2) is 45.6 Å². The van der Waals surface area contributed by atoms with E-state index in [0.717, 1.165) is 11.1 Å². The van der Waals surface area contributed by atoms with Crippen molar-refractivity contribution < 1.29 is 8.83 Å². The SMILES string of the molecule is c1ccc2oc(-c3ncco3)nc2c1. The second kappa shape index (κ2) is 2.70. The lowest BCUT2D eigenvalue weighted by atomic mass is 10.3. The molecule has 4 nitrogen and oxygen atoms in total. The topological polar surface area (TPSA) is 52.1 Å². The Morgan fingerprint density at radius 3 is 2.79 bits per heavy atom. The lowest BCUT2D eigenvalue weighted by Crippen LogP contribution is -1.74. The molecule has 14 heavy (non-hydrogen) atoms. The van der Waals surface area contributed by atoms with Gasteiger partial charge in [0.2, 0.25) is 0 Å². The van der Waals surface area contributed by atoms with Gasteiger partial charge in [0.1, 0.15) is 11.8 Å². The molecule has 3 aromatic rings. The van der Waals surface area contributed by atoms with Gasteiger partial charge in [0, 0.05) is 0 Å². The number of fused-ring (bicyclic) bond motifs is 1. The Kier molecular flexibility index (Phi) is 1.41. The van der Waals surface area contributed by atoms with Gasteiger partial charge in [-0.2, -0.15) is 0 Å². The zero-order valence-electron chi connectivity index (χ0n) is 7.18. The van der Waals surface area contributed by atoms with E-state index in [1.807, 2.05) is 24.3 Å². The third-order valence-electron chi connectivity index (χ3n) is 1.91. The van der Waals surface area contributed by atoms with Gasteiger partial charge >= 0.3 is 0 Å². The molecule has 2 heterocycles. The number of aromatic nitrogens is 2. The number of rotatable bonds is 1. The van der Waals surface area contributed by atoms with E-state index >= 15 is 0 Å². The molecule has 0 N–H and O–H groups in total. The Morgan fingerprint density at radius 1 is 1.07 bits per heavy atom. The number of hydrogen-bond acceptors (Lipinski definition) is 4. The highest BCUT2D eigenvalue weighted by Crippen LogP contribution is 2.22. The van der Waals surface area contributed by atoms with Crippen molar-refractivity contribution >= 4 is 11.1 Å². The van der Waals surface area contributed by atoms with E-state index < -0.39 is 0 Å². The van der Waals surface area contributed by atoms with Gasteiger partial charge in [-0.15, -0.1) is 0 Å². The summed E-state index contributed by atoms with van der Waals surface area (Å²) in [7, 11) is 0. The Morgan fingerprint density at radius 2 is 2.00 bits per heavy atom. The van der Waals surface area contributed by atoms with Gasteiger partial charge in [0.05, 0.1) is 6.20 Å². The average Bonchev–Trinajstić information content (AvgIpc) is 2.86. The highest BCUT2D eigenvalue weighted by Gasteiger charge is 2.10. The van der Waals surface area contributed by atoms with E-state index in [0.29, 0.717) is 11.8 Å². The molecule has 0 fully saturated rings. The molecule has 0 saturated heterocycles. The van der Waals surface area contributed by atoms with Crippen LogP contribution in [0.5, 0.6) is 0 Å². The summed E-state index contributed by atoms with van der Waals surface area (Å²) in [6.07, 6.45) is 3.05. The highest BCUT2D eigenvalue weighted by molar-refractivity contribution is 5.74. The van der Waals surface area contributed by atoms with Gasteiger partial charge < -0.3 is 8.83 Å². The summed E-state index contributed by atoms with van der Waals surface area (Å²) in [5.74, 6) is 0.817. The molecule has 0 radical (unpaired) electrons. The molecule has 0 bridgehead atoms. The van der Waals surface area contributed by atoms with Gasteiger partial charge in [-0.1, -0.05) is 12.1 Å². The third kappa shape index (κ3) is 1.01. The molecule has 4 heteroatoms. The maximum atomic E-state index is 5.45. The van der Waals surface area contributed by atoms with Crippen LogP contribution in [0, 0.1) is 0 Å². The molecule has 0 atom stereocenters. The zero-order chi connectivity index (χ0) is 9.38. The molecule has 1 aromatic carbocycles. The van der Waals surface area contributed by atoms with Crippen LogP contribution in [0.25, 0.3) is 22.9 Å². The molecule has 0 saturated carbocycles. The first-order valence-electron chi connectivity index (χ1n) is 4.19. The van der Waals surface area contributed by atoms with Gasteiger partial charge in [-0.05, 0) is 12.1 Å². The van der Waals surface area contributed by atoms with Crippen LogP contribution in [0.2, 0.25) is 0 Å². The lowest BCUT2D eigenvalue weighted by molar-refractivity contribution is 0.526. The summed E-state index contributed by atoms with van der Waals surface area (Å²) in [6, 6.07) is 7.54. The van der Waals surface area contributed by atoms with E-state index in [1.54, 1.807) is 6.20 Å². The van der Waals surface area contributed by atoms with Crippen molar-refractivity contribution in [1.29, 1.82) is 0 Å². The van der Waals surface area contributed by atoms with Crippen LogP contribution < -0.4 is 0 Å². The van der Waals surface area contributed by atoms with Crippen molar-refractivity contribution in [2.45, 2.75) is 0 Å². The van der Waals surface area contributed by atoms with Gasteiger partial charge in [0.15, 0.2) is 5.58 Å². The van der Waals surface area contributed by atoms with Crippen LogP contribution >= 0.6 is 0 Å². The van der Waals surface area contributed by atoms with Gasteiger partial charge in [-0.3, -0.25) is 0 Å². The number of benzene rings is 1. The van der Waals surface area contributed by atoms with E-state index in [1.165, 1.54) is 6.26 Å². The van der Waals surface area contributed by atoms with E-state index in [9.17, 15) is 0 Å². The largest absolute Gasteiger partial charge is 0.441 e. The summed E-state index contributed by atoms with van der Waals surface area (Å²) in [5.41, 5.74) is 1.54. The Labute approximate surface area is 79.2 Å². The Hall–Kier alpha value is -2.10. The van der Waals surface area contributed by atoms with Crippen LogP contribution in [0.3, 0.4) is 0 Å². The molecule has 3 rings (SSSR count). The molecule has 2 aromatic heterocycles. The van der Waals surface area contributed by atoms with Crippen molar-refractivity contribution in [2.24, 2.45) is 0 Å². The highest BCUT2D eigenvalue weighted by atomic mass is 16.4. The second-order valence-electron chi connectivity index (χ2n) is 2.82. The maximum Gasteiger partial charge on any atom is 0.284 e. The molecule has 0 aliphatic heterocycles. The zero-order valence-corrected chi connectivity index (χ0v) is 7.18. The van der Waals surface area contributed by atoms with E-state index in [4.69, 9.17) is 8.83 Å². The van der Waals surface area contributed by atoms with Crippen LogP contribution in [0.1, 0.15) is 0 Å². The summed E-state index contributed by atoms with van der Waals surface area (Å²) >= 11 is 0. The summed E-state index contributed by atoms with van der Waals surface area (Å²) in [6.45, 7) is 0. The number of nitrogens with zero attached hydrogens (tertiary/aromatic N) is 2. The van der Waals surface area contributed by atoms with Gasteiger partial charge in [0.25, 0.3) is 11.8 Å². The molecule has 0 amide bonds. The Bertz CT molecular complexity index is 521. The minimum atomic E-state index is 0.404. The maximum absolute atomic E-state index is 5.45. The fourth-order valence-corrected chi connectivity index (χ4v) is 1.29. The lowest BCUT2D eigenvalue weighted by Gasteiger charge is -1.82. The quantitative estimate of drug-likeness (QED) is 0.585. The van der Waals surface area contributed by atoms with Crippen molar-refractivity contribution in [1.82, 2.24) is 9.97 Å². The molecule has 68 valence electrons. The fraction of sp³-hybridized carbons (Fsp3) is 0. The summed E-state index contributed by atoms with van der Waals surface area (Å²) < 4.78 is 10.5. The first kappa shape index (κ1) is 7.32. The molecule has 0 unspecified atom stereocenters. The van der Waals surface area contributed by atoms with Crippen LogP contribution in [-0.4, -0.2) is 9.97 Å². The van der Waals surface area contributed by atoms with E-state index in [-0.39, 0.29) is 0 Å². The third-order valence-corrected chi connectivity index (χ3v) is 1.91. The van der Waals surface area contributed by atoms with Crippen molar-refractivity contribution in [3.63, 3.8) is 0 Å². The normalized spacial score (nSPS) is 10.9. The molecule has 0 aliphatic carbocycles. The van der Waals surface area contributed by atoms with Gasteiger partial charge in [-0.25, -0.2) is 9.97 Å². The standard InChI is InChI=1S/C10H6N2O2/c1-2-4-8-7(3-1)12-10(14-8)9-11-5-6-13-9/h1-6H. The second-order valence-corrected chi connectivity index (χ2v) is 2.82. The number of para-hydroxylation sites is 2. The molecular formula is C10H6N2O2.